The fourth-order valence-corrected chi connectivity index (χ4v) is 2.94. The number of aliphatic hydroxyl groups is 1. The number of nitrogens with one attached hydrogen (secondary N) is 1. The summed E-state index contributed by atoms with van der Waals surface area (Å²) >= 11 is 2.97. The molecule has 2 heterocycles. The number of aliphatic hydroxyl groups excluding tert-OH is 1. The van der Waals surface area contributed by atoms with Gasteiger partial charge in [-0.3, -0.25) is 23.7 Å². The molecule has 0 bridgehead atoms. The molecule has 11 nitrogen and oxygen atoms in total. The van der Waals surface area contributed by atoms with Crippen molar-refractivity contribution in [1.29, 1.82) is 0 Å². The van der Waals surface area contributed by atoms with Gasteiger partial charge in [0.05, 0.1) is 11.1 Å². The zero-order chi connectivity index (χ0) is 18.1. The summed E-state index contributed by atoms with van der Waals surface area (Å²) in [7, 11) is -4.58. The maximum atomic E-state index is 11.8. The number of aromatic amines is 1. The fourth-order valence-electron chi connectivity index (χ4n) is 2.21. The molecule has 0 spiro atoms. The summed E-state index contributed by atoms with van der Waals surface area (Å²) in [6, 6.07) is 0. The quantitative estimate of drug-likeness (QED) is 0.327. The number of halogens is 1. The van der Waals surface area contributed by atoms with Crippen molar-refractivity contribution in [3.63, 3.8) is 0 Å². The molecular weight excluding hydrogens is 415 g/mol. The molecule has 13 heteroatoms. The molecule has 3 atom stereocenters. The van der Waals surface area contributed by atoms with E-state index in [4.69, 9.17) is 19.3 Å². The Hall–Kier alpha value is -1.30. The summed E-state index contributed by atoms with van der Waals surface area (Å²) in [5.74, 6) is -1.15. The maximum absolute atomic E-state index is 11.8. The van der Waals surface area contributed by atoms with Gasteiger partial charge in [-0.2, -0.15) is 0 Å². The monoisotopic (exact) mass is 428 g/mol. The highest BCUT2D eigenvalue weighted by atomic mass is 79.9. The Morgan fingerprint density at radius 2 is 2.17 bits per heavy atom. The summed E-state index contributed by atoms with van der Waals surface area (Å²) in [5.41, 5.74) is -1.38. The van der Waals surface area contributed by atoms with Crippen molar-refractivity contribution < 1.29 is 33.7 Å². The van der Waals surface area contributed by atoms with Crippen LogP contribution in [0.3, 0.4) is 0 Å². The Labute approximate surface area is 142 Å². The summed E-state index contributed by atoms with van der Waals surface area (Å²) in [6.45, 7) is -0.538. The molecule has 24 heavy (non-hydrogen) atoms. The van der Waals surface area contributed by atoms with E-state index < -0.39 is 56.0 Å². The second-order valence-corrected chi connectivity index (χ2v) is 7.54. The van der Waals surface area contributed by atoms with Gasteiger partial charge < -0.3 is 24.4 Å². The number of carbonyl (C=O) groups is 1. The molecule has 0 saturated carbocycles. The number of nitrogens with zero attached hydrogens (tertiary/aromatic N) is 1. The second kappa shape index (κ2) is 7.30. The van der Waals surface area contributed by atoms with E-state index in [-0.39, 0.29) is 10.9 Å². The number of carbonyl (C=O) groups excluding carboxylic acids is 1. The van der Waals surface area contributed by atoms with Crippen molar-refractivity contribution in [2.75, 3.05) is 12.8 Å². The molecule has 0 radical (unpaired) electrons. The number of hydrogen-bond acceptors (Lipinski definition) is 7. The molecule has 1 aromatic heterocycles. The smallest absolute Gasteiger partial charge is 0.336 e. The minimum Gasteiger partial charge on any atom is -0.459 e. The zero-order valence-electron chi connectivity index (χ0n) is 12.0. The van der Waals surface area contributed by atoms with Crippen molar-refractivity contribution in [1.82, 2.24) is 9.55 Å². The second-order valence-electron chi connectivity index (χ2n) is 5.04. The van der Waals surface area contributed by atoms with E-state index in [2.05, 4.69) is 20.9 Å². The highest BCUT2D eigenvalue weighted by Crippen LogP contribution is 2.35. The van der Waals surface area contributed by atoms with E-state index in [0.29, 0.717) is 0 Å². The first-order valence-corrected chi connectivity index (χ1v) is 9.21. The van der Waals surface area contributed by atoms with E-state index in [0.717, 1.165) is 4.57 Å². The van der Waals surface area contributed by atoms with Crippen LogP contribution in [0.15, 0.2) is 20.3 Å². The van der Waals surface area contributed by atoms with Crippen LogP contribution in [-0.4, -0.2) is 55.4 Å². The van der Waals surface area contributed by atoms with E-state index in [9.17, 15) is 24.1 Å². The first-order chi connectivity index (χ1) is 11.1. The van der Waals surface area contributed by atoms with E-state index in [1.807, 2.05) is 0 Å². The summed E-state index contributed by atoms with van der Waals surface area (Å²) < 4.78 is 22.3. The van der Waals surface area contributed by atoms with Gasteiger partial charge in [0.1, 0.15) is 24.6 Å². The van der Waals surface area contributed by atoms with Gasteiger partial charge in [-0.15, -0.1) is 0 Å². The predicted molar refractivity (Wildman–Crippen MR) is 81.4 cm³/mol. The van der Waals surface area contributed by atoms with Gasteiger partial charge in [0.2, 0.25) is 0 Å². The summed E-state index contributed by atoms with van der Waals surface area (Å²) in [4.78, 5) is 54.2. The lowest BCUT2D eigenvalue weighted by Crippen LogP contribution is -2.32. The molecule has 0 unspecified atom stereocenters. The van der Waals surface area contributed by atoms with Crippen molar-refractivity contribution in [2.45, 2.75) is 24.9 Å². The molecule has 134 valence electrons. The van der Waals surface area contributed by atoms with Gasteiger partial charge >= 0.3 is 19.3 Å². The van der Waals surface area contributed by atoms with Crippen molar-refractivity contribution in [3.05, 3.63) is 31.5 Å². The molecule has 1 aliphatic heterocycles. The third-order valence-corrected chi connectivity index (χ3v) is 4.45. The average molecular weight is 429 g/mol. The molecular formula is C11H14BrN2O9P. The van der Waals surface area contributed by atoms with Crippen LogP contribution in [0, 0.1) is 0 Å². The van der Waals surface area contributed by atoms with Gasteiger partial charge in [0, 0.05) is 12.6 Å². The van der Waals surface area contributed by atoms with Gasteiger partial charge in [-0.05, 0) is 15.9 Å². The molecule has 2 rings (SSSR count). The van der Waals surface area contributed by atoms with Crippen molar-refractivity contribution in [2.24, 2.45) is 0 Å². The Bertz CT molecular complexity index is 784. The highest BCUT2D eigenvalue weighted by molar-refractivity contribution is 9.10. The van der Waals surface area contributed by atoms with E-state index in [1.54, 1.807) is 0 Å². The number of esters is 1. The van der Waals surface area contributed by atoms with Gasteiger partial charge in [-0.25, -0.2) is 4.79 Å². The molecule has 0 aromatic carbocycles. The molecule has 1 fully saturated rings. The van der Waals surface area contributed by atoms with Crippen LogP contribution in [0.4, 0.5) is 0 Å². The zero-order valence-corrected chi connectivity index (χ0v) is 14.5. The van der Waals surface area contributed by atoms with Crippen LogP contribution >= 0.6 is 23.5 Å². The lowest BCUT2D eigenvalue weighted by atomic mass is 10.2. The molecule has 0 amide bonds. The number of H-pyrrole nitrogens is 1. The van der Waals surface area contributed by atoms with Crippen molar-refractivity contribution >= 4 is 29.5 Å². The van der Waals surface area contributed by atoms with Gasteiger partial charge in [0.25, 0.3) is 5.56 Å². The third kappa shape index (κ3) is 4.62. The van der Waals surface area contributed by atoms with Crippen molar-refractivity contribution in [3.8, 4) is 0 Å². The number of rotatable bonds is 5. The van der Waals surface area contributed by atoms with Crippen LogP contribution in [0.5, 0.6) is 0 Å². The molecule has 1 aromatic rings. The van der Waals surface area contributed by atoms with Crippen LogP contribution in [0.1, 0.15) is 12.6 Å². The Morgan fingerprint density at radius 3 is 2.75 bits per heavy atom. The third-order valence-electron chi connectivity index (χ3n) is 3.21. The van der Waals surface area contributed by atoms with Crippen LogP contribution in [-0.2, 0) is 18.8 Å². The lowest BCUT2D eigenvalue weighted by molar-refractivity contribution is -0.150. The number of ether oxygens (including phenoxy) is 2. The standard InChI is InChI=1S/C11H14BrN2O9P/c12-5-2-14(11(18)13-10(5)17)8-1-6(7(3-15)22-8)23-9(16)4-24(19,20)21/h2,6-8,15H,1,3-4H2,(H,13,17,18)(H2,19,20,21)/t6-,7+,8+/m0/s1. The predicted octanol–water partition coefficient (Wildman–Crippen LogP) is -1.33. The minimum absolute atomic E-state index is 0.0451. The van der Waals surface area contributed by atoms with E-state index >= 15 is 0 Å². The minimum atomic E-state index is -4.58. The fraction of sp³-hybridized carbons (Fsp3) is 0.545. The first-order valence-electron chi connectivity index (χ1n) is 6.62. The Morgan fingerprint density at radius 1 is 1.50 bits per heavy atom. The maximum Gasteiger partial charge on any atom is 0.336 e. The number of aromatic nitrogens is 2. The molecule has 0 aliphatic carbocycles. The van der Waals surface area contributed by atoms with Crippen LogP contribution < -0.4 is 11.2 Å². The van der Waals surface area contributed by atoms with Gasteiger partial charge in [0.15, 0.2) is 0 Å². The lowest BCUT2D eigenvalue weighted by Gasteiger charge is -2.16. The van der Waals surface area contributed by atoms with Crippen LogP contribution in [0.25, 0.3) is 0 Å². The normalized spacial score (nSPS) is 24.1. The van der Waals surface area contributed by atoms with E-state index in [1.165, 1.54) is 6.20 Å². The Balaban J connectivity index is 2.16. The SMILES string of the molecule is O=C(CP(=O)(O)O)O[C@H]1C[C@H](n2cc(Br)c(=O)[nH]c2=O)O[C@@H]1CO. The molecule has 1 saturated heterocycles. The Kier molecular flexibility index (Phi) is 5.78. The largest absolute Gasteiger partial charge is 0.459 e. The first kappa shape index (κ1) is 19.0. The molecule has 4 N–H and O–H groups in total. The summed E-state index contributed by atoms with van der Waals surface area (Å²) in [6.07, 6.45) is -2.87. The van der Waals surface area contributed by atoms with Crippen LogP contribution in [0.2, 0.25) is 0 Å². The highest BCUT2D eigenvalue weighted by Gasteiger charge is 2.39. The number of hydrogen-bond donors (Lipinski definition) is 4. The van der Waals surface area contributed by atoms with Gasteiger partial charge in [-0.1, -0.05) is 0 Å². The summed E-state index contributed by atoms with van der Waals surface area (Å²) in [5, 5.41) is 9.29. The average Bonchev–Trinajstić information content (AvgIpc) is 2.83. The topological polar surface area (TPSA) is 168 Å². The molecule has 1 aliphatic rings.